The zero-order valence-electron chi connectivity index (χ0n) is 11.6. The number of piperidine rings is 1. The molecule has 3 rings (SSSR count). The monoisotopic (exact) mass is 329 g/mol. The molecule has 2 heteroatoms. The molecule has 0 aliphatic carbocycles. The summed E-state index contributed by atoms with van der Waals surface area (Å²) in [6.07, 6.45) is 2.37. The van der Waals surface area contributed by atoms with Crippen LogP contribution in [-0.4, -0.2) is 13.1 Å². The average molecular weight is 330 g/mol. The van der Waals surface area contributed by atoms with E-state index >= 15 is 0 Å². The molecule has 1 aliphatic heterocycles. The molecule has 1 heterocycles. The van der Waals surface area contributed by atoms with Crippen LogP contribution in [0.15, 0.2) is 59.1 Å². The van der Waals surface area contributed by atoms with Crippen molar-refractivity contribution in [2.45, 2.75) is 18.8 Å². The van der Waals surface area contributed by atoms with Crippen LogP contribution in [0.1, 0.15) is 23.5 Å². The van der Waals surface area contributed by atoms with Crippen LogP contribution in [0, 0.1) is 5.92 Å². The van der Waals surface area contributed by atoms with Crippen molar-refractivity contribution in [1.82, 2.24) is 5.32 Å². The van der Waals surface area contributed by atoms with Gasteiger partial charge in [0.05, 0.1) is 0 Å². The smallest absolute Gasteiger partial charge is 0.0210 e. The molecule has 0 saturated carbocycles. The maximum absolute atomic E-state index is 3.72. The molecule has 1 saturated heterocycles. The summed E-state index contributed by atoms with van der Waals surface area (Å²) in [5, 5.41) is 3.56. The molecule has 0 bridgehead atoms. The second-order valence-corrected chi connectivity index (χ2v) is 6.42. The molecule has 2 atom stereocenters. The summed E-state index contributed by atoms with van der Waals surface area (Å²) < 4.78 is 1.25. The normalized spacial score (nSPS) is 22.6. The topological polar surface area (TPSA) is 12.0 Å². The van der Waals surface area contributed by atoms with Gasteiger partial charge in [0.15, 0.2) is 0 Å². The Hall–Kier alpha value is -1.12. The van der Waals surface area contributed by atoms with E-state index in [1.807, 2.05) is 0 Å². The molecule has 1 aliphatic rings. The van der Waals surface area contributed by atoms with Crippen molar-refractivity contribution in [2.24, 2.45) is 5.92 Å². The van der Waals surface area contributed by atoms with Crippen molar-refractivity contribution in [1.29, 1.82) is 0 Å². The number of benzene rings is 2. The first-order chi connectivity index (χ1) is 9.84. The van der Waals surface area contributed by atoms with Crippen molar-refractivity contribution < 1.29 is 0 Å². The number of halogens is 1. The van der Waals surface area contributed by atoms with Gasteiger partial charge in [0.1, 0.15) is 0 Å². The minimum absolute atomic E-state index is 0.645. The maximum atomic E-state index is 3.72. The third-order valence-corrected chi connectivity index (χ3v) is 4.98. The third kappa shape index (κ3) is 3.13. The van der Waals surface area contributed by atoms with E-state index in [0.29, 0.717) is 11.8 Å². The fourth-order valence-corrected chi connectivity index (χ4v) is 3.82. The lowest BCUT2D eigenvalue weighted by atomic mass is 9.78. The summed E-state index contributed by atoms with van der Waals surface area (Å²) >= 11 is 3.72. The predicted octanol–water partition coefficient (Wildman–Crippen LogP) is 4.38. The van der Waals surface area contributed by atoms with E-state index < -0.39 is 0 Å². The molecule has 1 nitrogen and oxygen atoms in total. The number of hydrogen-bond acceptors (Lipinski definition) is 1. The molecule has 1 N–H and O–H groups in total. The lowest BCUT2D eigenvalue weighted by Gasteiger charge is -2.33. The molecule has 0 radical (unpaired) electrons. The van der Waals surface area contributed by atoms with Crippen LogP contribution in [0.25, 0.3) is 0 Å². The fraction of sp³-hybridized carbons (Fsp3) is 0.333. The van der Waals surface area contributed by atoms with Gasteiger partial charge < -0.3 is 5.32 Å². The van der Waals surface area contributed by atoms with E-state index in [4.69, 9.17) is 0 Å². The van der Waals surface area contributed by atoms with Crippen LogP contribution >= 0.6 is 15.9 Å². The van der Waals surface area contributed by atoms with Crippen molar-refractivity contribution >= 4 is 15.9 Å². The van der Waals surface area contributed by atoms with Gasteiger partial charge in [-0.05, 0) is 55.0 Å². The standard InChI is InChI=1S/C18H20BrN/c19-18-9-5-4-8-17(18)16-10-11-20-13-15(16)12-14-6-2-1-3-7-14/h1-9,15-16,20H,10-13H2. The van der Waals surface area contributed by atoms with Crippen LogP contribution < -0.4 is 5.32 Å². The van der Waals surface area contributed by atoms with Crippen molar-refractivity contribution in [3.05, 3.63) is 70.2 Å². The van der Waals surface area contributed by atoms with Gasteiger partial charge in [-0.25, -0.2) is 0 Å². The SMILES string of the molecule is Brc1ccccc1C1CCNCC1Cc1ccccc1. The first-order valence-electron chi connectivity index (χ1n) is 7.33. The highest BCUT2D eigenvalue weighted by Gasteiger charge is 2.27. The Morgan fingerprint density at radius 2 is 1.75 bits per heavy atom. The van der Waals surface area contributed by atoms with Crippen LogP contribution in [0.3, 0.4) is 0 Å². The van der Waals surface area contributed by atoms with Gasteiger partial charge in [0.2, 0.25) is 0 Å². The lowest BCUT2D eigenvalue weighted by molar-refractivity contribution is 0.323. The summed E-state index contributed by atoms with van der Waals surface area (Å²) in [5.41, 5.74) is 2.91. The van der Waals surface area contributed by atoms with Gasteiger partial charge in [-0.3, -0.25) is 0 Å². The second kappa shape index (κ2) is 6.55. The Labute approximate surface area is 129 Å². The summed E-state index contributed by atoms with van der Waals surface area (Å²) in [6.45, 7) is 2.23. The molecule has 0 aromatic heterocycles. The highest BCUT2D eigenvalue weighted by Crippen LogP contribution is 2.36. The maximum Gasteiger partial charge on any atom is 0.0210 e. The van der Waals surface area contributed by atoms with Gasteiger partial charge in [-0.15, -0.1) is 0 Å². The Morgan fingerprint density at radius 1 is 1.00 bits per heavy atom. The van der Waals surface area contributed by atoms with E-state index in [1.165, 1.54) is 22.0 Å². The fourth-order valence-electron chi connectivity index (χ4n) is 3.24. The number of hydrogen-bond donors (Lipinski definition) is 1. The number of rotatable bonds is 3. The summed E-state index contributed by atoms with van der Waals surface area (Å²) in [5.74, 6) is 1.32. The largest absolute Gasteiger partial charge is 0.316 e. The summed E-state index contributed by atoms with van der Waals surface area (Å²) in [4.78, 5) is 0. The Bertz CT molecular complexity index is 552. The minimum atomic E-state index is 0.645. The molecule has 1 fully saturated rings. The molecule has 2 aromatic rings. The Morgan fingerprint density at radius 3 is 2.55 bits per heavy atom. The van der Waals surface area contributed by atoms with E-state index in [-0.39, 0.29) is 0 Å². The Kier molecular flexibility index (Phi) is 4.54. The van der Waals surface area contributed by atoms with Crippen molar-refractivity contribution in [3.63, 3.8) is 0 Å². The number of nitrogens with one attached hydrogen (secondary N) is 1. The zero-order chi connectivity index (χ0) is 13.8. The molecule has 2 unspecified atom stereocenters. The molecule has 2 aromatic carbocycles. The molecule has 20 heavy (non-hydrogen) atoms. The Balaban J connectivity index is 1.83. The summed E-state index contributed by atoms with van der Waals surface area (Å²) in [7, 11) is 0. The molecule has 0 amide bonds. The van der Waals surface area contributed by atoms with Crippen molar-refractivity contribution in [3.8, 4) is 0 Å². The average Bonchev–Trinajstić information content (AvgIpc) is 2.50. The van der Waals surface area contributed by atoms with E-state index in [0.717, 1.165) is 19.5 Å². The van der Waals surface area contributed by atoms with Crippen LogP contribution in [0.4, 0.5) is 0 Å². The third-order valence-electron chi connectivity index (χ3n) is 4.25. The zero-order valence-corrected chi connectivity index (χ0v) is 13.1. The second-order valence-electron chi connectivity index (χ2n) is 5.57. The van der Waals surface area contributed by atoms with Crippen LogP contribution in [0.2, 0.25) is 0 Å². The highest BCUT2D eigenvalue weighted by molar-refractivity contribution is 9.10. The quantitative estimate of drug-likeness (QED) is 0.880. The van der Waals surface area contributed by atoms with Gasteiger partial charge in [-0.2, -0.15) is 0 Å². The minimum Gasteiger partial charge on any atom is -0.316 e. The molecule has 104 valence electrons. The molecular formula is C18H20BrN. The highest BCUT2D eigenvalue weighted by atomic mass is 79.9. The predicted molar refractivity (Wildman–Crippen MR) is 88.0 cm³/mol. The first-order valence-corrected chi connectivity index (χ1v) is 8.13. The van der Waals surface area contributed by atoms with E-state index in [1.54, 1.807) is 0 Å². The van der Waals surface area contributed by atoms with E-state index in [9.17, 15) is 0 Å². The van der Waals surface area contributed by atoms with Gasteiger partial charge in [0, 0.05) is 4.47 Å². The van der Waals surface area contributed by atoms with Gasteiger partial charge >= 0.3 is 0 Å². The summed E-state index contributed by atoms with van der Waals surface area (Å²) in [6, 6.07) is 19.5. The molecular weight excluding hydrogens is 310 g/mol. The van der Waals surface area contributed by atoms with Gasteiger partial charge in [0.25, 0.3) is 0 Å². The van der Waals surface area contributed by atoms with Crippen LogP contribution in [-0.2, 0) is 6.42 Å². The van der Waals surface area contributed by atoms with Crippen molar-refractivity contribution in [2.75, 3.05) is 13.1 Å². The molecule has 0 spiro atoms. The lowest BCUT2D eigenvalue weighted by Crippen LogP contribution is -2.36. The van der Waals surface area contributed by atoms with Gasteiger partial charge in [-0.1, -0.05) is 64.5 Å². The van der Waals surface area contributed by atoms with Crippen LogP contribution in [0.5, 0.6) is 0 Å². The van der Waals surface area contributed by atoms with E-state index in [2.05, 4.69) is 75.8 Å². The first kappa shape index (κ1) is 13.8.